The molecule has 2 N–H and O–H groups in total. The summed E-state index contributed by atoms with van der Waals surface area (Å²) in [6.07, 6.45) is 1.45. The van der Waals surface area contributed by atoms with Crippen molar-refractivity contribution < 1.29 is 14.3 Å². The minimum Gasteiger partial charge on any atom is -0.478 e. The number of anilines is 1. The molecule has 128 valence electrons. The molecule has 0 aliphatic heterocycles. The lowest BCUT2D eigenvalue weighted by molar-refractivity contribution is 0.0697. The number of hydrogen-bond acceptors (Lipinski definition) is 5. The standard InChI is InChI=1S/C20H15N3O3/c1-21-18-16-15(12-5-3-2-4-6-12)17(26-19(16)23-11-22-18)13-7-9-14(10-8-13)20(24)25/h2-11H,1H3,(H,24,25)(H,21,22,23). The Labute approximate surface area is 149 Å². The molecule has 4 rings (SSSR count). The maximum absolute atomic E-state index is 11.1. The van der Waals surface area contributed by atoms with Crippen molar-refractivity contribution in [2.45, 2.75) is 0 Å². The molecule has 0 fully saturated rings. The van der Waals surface area contributed by atoms with Crippen LogP contribution in [0.3, 0.4) is 0 Å². The molecule has 0 spiro atoms. The Hall–Kier alpha value is -3.67. The third-order valence-corrected chi connectivity index (χ3v) is 4.18. The number of aromatic carboxylic acids is 1. The maximum atomic E-state index is 11.1. The number of carboxylic acids is 1. The molecular formula is C20H15N3O3. The number of benzene rings is 2. The summed E-state index contributed by atoms with van der Waals surface area (Å²) in [7, 11) is 1.80. The van der Waals surface area contributed by atoms with Crippen molar-refractivity contribution in [3.63, 3.8) is 0 Å². The smallest absolute Gasteiger partial charge is 0.335 e. The number of aromatic nitrogens is 2. The van der Waals surface area contributed by atoms with E-state index in [1.54, 1.807) is 31.3 Å². The summed E-state index contributed by atoms with van der Waals surface area (Å²) in [5.41, 5.74) is 3.31. The van der Waals surface area contributed by atoms with Crippen LogP contribution in [0.1, 0.15) is 10.4 Å². The minimum absolute atomic E-state index is 0.224. The molecule has 0 bridgehead atoms. The summed E-state index contributed by atoms with van der Waals surface area (Å²) in [4.78, 5) is 19.7. The van der Waals surface area contributed by atoms with Crippen LogP contribution >= 0.6 is 0 Å². The van der Waals surface area contributed by atoms with Crippen molar-refractivity contribution in [1.82, 2.24) is 9.97 Å². The predicted octanol–water partition coefficient (Wildman–Crippen LogP) is 4.30. The van der Waals surface area contributed by atoms with Gasteiger partial charge in [0.15, 0.2) is 0 Å². The van der Waals surface area contributed by atoms with E-state index in [1.165, 1.54) is 6.33 Å². The van der Waals surface area contributed by atoms with Crippen LogP contribution in [-0.2, 0) is 0 Å². The molecule has 0 unspecified atom stereocenters. The van der Waals surface area contributed by atoms with Gasteiger partial charge in [-0.15, -0.1) is 0 Å². The van der Waals surface area contributed by atoms with Gasteiger partial charge in [-0.3, -0.25) is 0 Å². The molecule has 0 amide bonds. The normalized spacial score (nSPS) is 10.8. The first-order chi connectivity index (χ1) is 12.7. The zero-order chi connectivity index (χ0) is 18.1. The van der Waals surface area contributed by atoms with E-state index in [9.17, 15) is 4.79 Å². The molecule has 6 heteroatoms. The second-order valence-electron chi connectivity index (χ2n) is 5.71. The highest BCUT2D eigenvalue weighted by molar-refractivity contribution is 6.05. The van der Waals surface area contributed by atoms with Gasteiger partial charge in [0.2, 0.25) is 5.71 Å². The second-order valence-corrected chi connectivity index (χ2v) is 5.71. The van der Waals surface area contributed by atoms with Gasteiger partial charge in [-0.25, -0.2) is 14.8 Å². The molecule has 0 atom stereocenters. The van der Waals surface area contributed by atoms with Crippen LogP contribution in [0.25, 0.3) is 33.6 Å². The molecule has 2 aromatic carbocycles. The van der Waals surface area contributed by atoms with E-state index in [4.69, 9.17) is 9.52 Å². The summed E-state index contributed by atoms with van der Waals surface area (Å²) < 4.78 is 6.04. The van der Waals surface area contributed by atoms with E-state index >= 15 is 0 Å². The number of carbonyl (C=O) groups is 1. The predicted molar refractivity (Wildman–Crippen MR) is 99.2 cm³/mol. The van der Waals surface area contributed by atoms with Gasteiger partial charge in [0, 0.05) is 18.2 Å². The van der Waals surface area contributed by atoms with Crippen LogP contribution in [0.4, 0.5) is 5.82 Å². The molecular weight excluding hydrogens is 330 g/mol. The number of carboxylic acid groups (broad SMARTS) is 1. The fraction of sp³-hybridized carbons (Fsp3) is 0.0500. The van der Waals surface area contributed by atoms with Gasteiger partial charge >= 0.3 is 5.97 Å². The van der Waals surface area contributed by atoms with Gasteiger partial charge in [-0.05, 0) is 17.7 Å². The number of rotatable bonds is 4. The maximum Gasteiger partial charge on any atom is 0.335 e. The zero-order valence-corrected chi connectivity index (χ0v) is 13.9. The first-order valence-electron chi connectivity index (χ1n) is 8.03. The Morgan fingerprint density at radius 3 is 2.38 bits per heavy atom. The number of nitrogens with one attached hydrogen (secondary N) is 1. The first-order valence-corrected chi connectivity index (χ1v) is 8.03. The van der Waals surface area contributed by atoms with Crippen molar-refractivity contribution in [2.24, 2.45) is 0 Å². The van der Waals surface area contributed by atoms with E-state index in [2.05, 4.69) is 15.3 Å². The van der Waals surface area contributed by atoms with Gasteiger partial charge in [0.05, 0.1) is 10.9 Å². The zero-order valence-electron chi connectivity index (χ0n) is 13.9. The molecule has 2 heterocycles. The molecule has 0 saturated carbocycles. The summed E-state index contributed by atoms with van der Waals surface area (Å²) >= 11 is 0. The third-order valence-electron chi connectivity index (χ3n) is 4.18. The van der Waals surface area contributed by atoms with E-state index in [-0.39, 0.29) is 5.56 Å². The monoisotopic (exact) mass is 345 g/mol. The minimum atomic E-state index is -0.965. The van der Waals surface area contributed by atoms with Crippen LogP contribution < -0.4 is 5.32 Å². The average molecular weight is 345 g/mol. The second kappa shape index (κ2) is 6.33. The van der Waals surface area contributed by atoms with Crippen molar-refractivity contribution >= 4 is 22.9 Å². The van der Waals surface area contributed by atoms with Crippen molar-refractivity contribution in [3.05, 3.63) is 66.5 Å². The van der Waals surface area contributed by atoms with Crippen molar-refractivity contribution in [3.8, 4) is 22.5 Å². The van der Waals surface area contributed by atoms with Crippen LogP contribution in [0.15, 0.2) is 65.3 Å². The first kappa shape index (κ1) is 15.8. The largest absolute Gasteiger partial charge is 0.478 e. The number of furan rings is 1. The van der Waals surface area contributed by atoms with E-state index in [0.29, 0.717) is 17.3 Å². The van der Waals surface area contributed by atoms with Gasteiger partial charge in [-0.2, -0.15) is 0 Å². The van der Waals surface area contributed by atoms with E-state index in [0.717, 1.165) is 22.1 Å². The quantitative estimate of drug-likeness (QED) is 0.573. The highest BCUT2D eigenvalue weighted by Gasteiger charge is 2.21. The Bertz CT molecular complexity index is 1090. The lowest BCUT2D eigenvalue weighted by Crippen LogP contribution is -1.95. The summed E-state index contributed by atoms with van der Waals surface area (Å²) in [5, 5.41) is 13.0. The Balaban J connectivity index is 2.01. The molecule has 0 aliphatic rings. The van der Waals surface area contributed by atoms with E-state index in [1.807, 2.05) is 30.3 Å². The molecule has 0 aliphatic carbocycles. The average Bonchev–Trinajstić information content (AvgIpc) is 3.08. The molecule has 2 aromatic heterocycles. The van der Waals surface area contributed by atoms with Crippen LogP contribution in [0, 0.1) is 0 Å². The summed E-state index contributed by atoms with van der Waals surface area (Å²) in [6, 6.07) is 16.4. The lowest BCUT2D eigenvalue weighted by atomic mass is 9.99. The van der Waals surface area contributed by atoms with Crippen LogP contribution in [0.2, 0.25) is 0 Å². The Morgan fingerprint density at radius 1 is 1.00 bits per heavy atom. The van der Waals surface area contributed by atoms with Gasteiger partial charge in [0.1, 0.15) is 17.9 Å². The lowest BCUT2D eigenvalue weighted by Gasteiger charge is -2.06. The number of nitrogens with zero attached hydrogens (tertiary/aromatic N) is 2. The Morgan fingerprint density at radius 2 is 1.73 bits per heavy atom. The fourth-order valence-electron chi connectivity index (χ4n) is 2.97. The van der Waals surface area contributed by atoms with E-state index < -0.39 is 5.97 Å². The third kappa shape index (κ3) is 2.57. The molecule has 0 saturated heterocycles. The van der Waals surface area contributed by atoms with Gasteiger partial charge < -0.3 is 14.8 Å². The molecule has 0 radical (unpaired) electrons. The van der Waals surface area contributed by atoms with Gasteiger partial charge in [0.25, 0.3) is 0 Å². The Kier molecular flexibility index (Phi) is 3.85. The number of fused-ring (bicyclic) bond motifs is 1. The highest BCUT2D eigenvalue weighted by atomic mass is 16.4. The van der Waals surface area contributed by atoms with Crippen molar-refractivity contribution in [1.29, 1.82) is 0 Å². The van der Waals surface area contributed by atoms with Crippen LogP contribution in [0.5, 0.6) is 0 Å². The fourth-order valence-corrected chi connectivity index (χ4v) is 2.97. The topological polar surface area (TPSA) is 88.3 Å². The summed E-state index contributed by atoms with van der Waals surface area (Å²) in [5.74, 6) is 0.332. The number of hydrogen-bond donors (Lipinski definition) is 2. The molecule has 6 nitrogen and oxygen atoms in total. The highest BCUT2D eigenvalue weighted by Crippen LogP contribution is 2.42. The van der Waals surface area contributed by atoms with Crippen molar-refractivity contribution in [2.75, 3.05) is 12.4 Å². The van der Waals surface area contributed by atoms with Crippen LogP contribution in [-0.4, -0.2) is 28.1 Å². The molecule has 26 heavy (non-hydrogen) atoms. The molecule has 4 aromatic rings. The summed E-state index contributed by atoms with van der Waals surface area (Å²) in [6.45, 7) is 0. The SMILES string of the molecule is CNc1ncnc2oc(-c3ccc(C(=O)O)cc3)c(-c3ccccc3)c12. The van der Waals surface area contributed by atoms with Gasteiger partial charge in [-0.1, -0.05) is 42.5 Å².